The van der Waals surface area contributed by atoms with Gasteiger partial charge in [0.25, 0.3) is 0 Å². The minimum Gasteiger partial charge on any atom is -0.348 e. The summed E-state index contributed by atoms with van der Waals surface area (Å²) in [5.41, 5.74) is 1.64. The summed E-state index contributed by atoms with van der Waals surface area (Å²) in [6.45, 7) is 3.02. The molecule has 2 aromatic heterocycles. The number of piperidine rings is 2. The number of benzene rings is 2. The van der Waals surface area contributed by atoms with Crippen molar-refractivity contribution < 1.29 is 18.4 Å². The molecular formula is C35H44F2N6O2S2. The summed E-state index contributed by atoms with van der Waals surface area (Å²) in [6, 6.07) is 10.0. The lowest BCUT2D eigenvalue weighted by Crippen LogP contribution is -2.45. The third-order valence-electron chi connectivity index (χ3n) is 9.79. The van der Waals surface area contributed by atoms with Crippen molar-refractivity contribution in [3.63, 3.8) is 0 Å². The number of halogens is 2. The summed E-state index contributed by atoms with van der Waals surface area (Å²) in [7, 11) is 4.09. The predicted octanol–water partition coefficient (Wildman–Crippen LogP) is 7.47. The van der Waals surface area contributed by atoms with Crippen molar-refractivity contribution >= 4 is 65.2 Å². The number of anilines is 2. The smallest absolute Gasteiger partial charge is 0.222 e. The van der Waals surface area contributed by atoms with Crippen LogP contribution in [0, 0.1) is 11.6 Å². The first-order chi connectivity index (χ1) is 22.7. The van der Waals surface area contributed by atoms with Gasteiger partial charge in [-0.1, -0.05) is 41.9 Å². The summed E-state index contributed by atoms with van der Waals surface area (Å²) in [5.74, 6) is -0.00786. The Labute approximate surface area is 283 Å². The molecule has 2 aliphatic heterocycles. The number of unbranched alkanes of at least 4 members (excludes halogenated alkanes) is 4. The quantitative estimate of drug-likeness (QED) is 0.145. The van der Waals surface area contributed by atoms with Gasteiger partial charge in [-0.15, -0.1) is 0 Å². The second-order valence-electron chi connectivity index (χ2n) is 12.9. The summed E-state index contributed by atoms with van der Waals surface area (Å²) >= 11 is 3.02. The molecule has 4 aromatic rings. The summed E-state index contributed by atoms with van der Waals surface area (Å²) in [5, 5.41) is 1.79. The first-order valence-electron chi connectivity index (χ1n) is 16.9. The lowest BCUT2D eigenvalue weighted by atomic mass is 10.0. The van der Waals surface area contributed by atoms with Gasteiger partial charge in [-0.2, -0.15) is 0 Å². The minimum absolute atomic E-state index is 0.239. The highest BCUT2D eigenvalue weighted by molar-refractivity contribution is 7.22. The van der Waals surface area contributed by atoms with E-state index in [1.807, 2.05) is 23.9 Å². The van der Waals surface area contributed by atoms with Crippen LogP contribution in [0.5, 0.6) is 0 Å². The molecule has 12 heteroatoms. The maximum Gasteiger partial charge on any atom is 0.222 e. The van der Waals surface area contributed by atoms with Gasteiger partial charge < -0.3 is 19.6 Å². The van der Waals surface area contributed by atoms with Gasteiger partial charge in [0.05, 0.1) is 20.4 Å². The lowest BCUT2D eigenvalue weighted by Gasteiger charge is -2.36. The van der Waals surface area contributed by atoms with Crippen molar-refractivity contribution in [1.29, 1.82) is 0 Å². The van der Waals surface area contributed by atoms with Crippen LogP contribution in [-0.4, -0.2) is 83.9 Å². The molecule has 0 N–H and O–H groups in total. The third kappa shape index (κ3) is 8.20. The Morgan fingerprint density at radius 3 is 1.47 bits per heavy atom. The number of nitrogens with zero attached hydrogens (tertiary/aromatic N) is 6. The van der Waals surface area contributed by atoms with Crippen LogP contribution in [0.3, 0.4) is 0 Å². The van der Waals surface area contributed by atoms with E-state index in [0.717, 1.165) is 115 Å². The average Bonchev–Trinajstić information content (AvgIpc) is 3.71. The van der Waals surface area contributed by atoms with E-state index in [0.29, 0.717) is 24.9 Å². The Balaban J connectivity index is 0.817. The predicted molar refractivity (Wildman–Crippen MR) is 187 cm³/mol. The first-order valence-corrected chi connectivity index (χ1v) is 18.5. The number of amides is 2. The number of thiazole rings is 2. The second-order valence-corrected chi connectivity index (χ2v) is 14.9. The van der Waals surface area contributed by atoms with Crippen LogP contribution in [0.4, 0.5) is 19.0 Å². The minimum atomic E-state index is -0.243. The van der Waals surface area contributed by atoms with Gasteiger partial charge in [-0.25, -0.2) is 18.7 Å². The number of rotatable bonds is 12. The van der Waals surface area contributed by atoms with Gasteiger partial charge in [0.1, 0.15) is 11.6 Å². The Bertz CT molecular complexity index is 1560. The maximum absolute atomic E-state index is 13.6. The van der Waals surface area contributed by atoms with Crippen LogP contribution in [0.2, 0.25) is 0 Å². The summed E-state index contributed by atoms with van der Waals surface area (Å²) in [4.78, 5) is 43.4. The molecule has 0 bridgehead atoms. The molecule has 0 unspecified atom stereocenters. The molecule has 4 heterocycles. The van der Waals surface area contributed by atoms with Gasteiger partial charge in [0, 0.05) is 65.2 Å². The van der Waals surface area contributed by atoms with E-state index in [-0.39, 0.29) is 23.4 Å². The highest BCUT2D eigenvalue weighted by Gasteiger charge is 2.28. The highest BCUT2D eigenvalue weighted by Crippen LogP contribution is 2.33. The fourth-order valence-corrected chi connectivity index (χ4v) is 8.84. The molecule has 0 atom stereocenters. The number of hydrogen-bond acceptors (Lipinski definition) is 8. The Hall–Kier alpha value is -3.38. The van der Waals surface area contributed by atoms with Crippen LogP contribution in [0.25, 0.3) is 20.4 Å². The zero-order chi connectivity index (χ0) is 32.9. The fraction of sp³-hybridized carbons (Fsp3) is 0.543. The zero-order valence-corrected chi connectivity index (χ0v) is 28.9. The monoisotopic (exact) mass is 682 g/mol. The van der Waals surface area contributed by atoms with Crippen LogP contribution in [0.1, 0.15) is 70.6 Å². The van der Waals surface area contributed by atoms with Gasteiger partial charge in [-0.05, 0) is 74.9 Å². The topological polar surface area (TPSA) is 72.9 Å². The molecule has 2 saturated heterocycles. The highest BCUT2D eigenvalue weighted by atomic mass is 32.1. The third-order valence-corrected chi connectivity index (χ3v) is 12.0. The first kappa shape index (κ1) is 33.5. The molecule has 0 saturated carbocycles. The average molecular weight is 683 g/mol. The number of hydrogen-bond donors (Lipinski definition) is 0. The molecule has 2 aliphatic rings. The number of likely N-dealkylation sites (tertiary alicyclic amines) is 2. The standard InChI is InChI=1S/C35H44F2N6O2S2/c1-40(34-38-28-12-10-24(36)22-30(28)46-34)26-14-18-42(19-15-26)32(44)8-6-4-3-5-7-9-33(45)43-20-16-27(17-21-43)41(2)35-39-29-13-11-25(37)23-31(29)47-35/h10-13,22-23,26-27H,3-9,14-21H2,1-2H3. The van der Waals surface area contributed by atoms with Crippen LogP contribution >= 0.6 is 22.7 Å². The van der Waals surface area contributed by atoms with Gasteiger partial charge >= 0.3 is 0 Å². The molecule has 0 aliphatic carbocycles. The largest absolute Gasteiger partial charge is 0.348 e. The van der Waals surface area contributed by atoms with Gasteiger partial charge in [0.2, 0.25) is 11.8 Å². The molecule has 2 amide bonds. The molecule has 0 spiro atoms. The van der Waals surface area contributed by atoms with Crippen LogP contribution < -0.4 is 9.80 Å². The van der Waals surface area contributed by atoms with Crippen molar-refractivity contribution in [3.8, 4) is 0 Å². The lowest BCUT2D eigenvalue weighted by molar-refractivity contribution is -0.133. The van der Waals surface area contributed by atoms with E-state index in [2.05, 4.69) is 19.8 Å². The maximum atomic E-state index is 13.6. The summed E-state index contributed by atoms with van der Waals surface area (Å²) in [6.07, 6.45) is 9.61. The molecule has 0 radical (unpaired) electrons. The number of carbonyl (C=O) groups excluding carboxylic acids is 2. The number of carbonyl (C=O) groups is 2. The van der Waals surface area contributed by atoms with Gasteiger partial charge in [0.15, 0.2) is 10.3 Å². The molecule has 6 rings (SSSR count). The SMILES string of the molecule is CN(c1nc2ccc(F)cc2s1)C1CCN(C(=O)CCCCCCCC(=O)N2CCC(N(C)c3nc4ccc(F)cc4s3)CC2)CC1. The Morgan fingerprint density at radius 1 is 0.681 bits per heavy atom. The van der Waals surface area contributed by atoms with Crippen molar-refractivity contribution in [1.82, 2.24) is 19.8 Å². The Kier molecular flexibility index (Phi) is 10.9. The summed E-state index contributed by atoms with van der Waals surface area (Å²) < 4.78 is 28.9. The normalized spacial score (nSPS) is 16.3. The molecule has 8 nitrogen and oxygen atoms in total. The number of fused-ring (bicyclic) bond motifs is 2. The molecule has 2 fully saturated rings. The van der Waals surface area contributed by atoms with E-state index in [9.17, 15) is 18.4 Å². The zero-order valence-electron chi connectivity index (χ0n) is 27.3. The van der Waals surface area contributed by atoms with Crippen molar-refractivity contribution in [2.45, 2.75) is 82.7 Å². The van der Waals surface area contributed by atoms with Crippen LogP contribution in [-0.2, 0) is 9.59 Å². The molecular weight excluding hydrogens is 639 g/mol. The Morgan fingerprint density at radius 2 is 1.06 bits per heavy atom. The van der Waals surface area contributed by atoms with E-state index in [4.69, 9.17) is 0 Å². The molecule has 252 valence electrons. The number of aromatic nitrogens is 2. The van der Waals surface area contributed by atoms with E-state index < -0.39 is 0 Å². The molecule has 47 heavy (non-hydrogen) atoms. The van der Waals surface area contributed by atoms with Gasteiger partial charge in [-0.3, -0.25) is 9.59 Å². The van der Waals surface area contributed by atoms with Crippen molar-refractivity contribution in [3.05, 3.63) is 48.0 Å². The fourth-order valence-electron chi connectivity index (χ4n) is 6.79. The van der Waals surface area contributed by atoms with Crippen LogP contribution in [0.15, 0.2) is 36.4 Å². The molecule has 2 aromatic carbocycles. The second kappa shape index (κ2) is 15.2. The van der Waals surface area contributed by atoms with Crippen molar-refractivity contribution in [2.75, 3.05) is 50.1 Å². The van der Waals surface area contributed by atoms with E-state index >= 15 is 0 Å². The van der Waals surface area contributed by atoms with E-state index in [1.165, 1.54) is 46.9 Å². The van der Waals surface area contributed by atoms with E-state index in [1.54, 1.807) is 12.1 Å². The van der Waals surface area contributed by atoms with Crippen molar-refractivity contribution in [2.24, 2.45) is 0 Å².